The molecule has 0 aromatic heterocycles. The molecule has 0 heterocycles. The molecular weight excluding hydrogens is 193 g/mol. The summed E-state index contributed by atoms with van der Waals surface area (Å²) in [5.74, 6) is -0.203. The first-order chi connectivity index (χ1) is 7.24. The summed E-state index contributed by atoms with van der Waals surface area (Å²) >= 11 is 0. The Morgan fingerprint density at radius 1 is 1.33 bits per heavy atom. The average molecular weight is 207 g/mol. The maximum absolute atomic E-state index is 12.6. The highest BCUT2D eigenvalue weighted by atomic mass is 19.1. The van der Waals surface area contributed by atoms with Gasteiger partial charge in [-0.25, -0.2) is 4.39 Å². The molecule has 2 rings (SSSR count). The van der Waals surface area contributed by atoms with E-state index in [-0.39, 0.29) is 11.4 Å². The number of rotatable bonds is 5. The maximum Gasteiger partial charge on any atom is 0.207 e. The summed E-state index contributed by atoms with van der Waals surface area (Å²) in [6, 6.07) is 6.54. The lowest BCUT2D eigenvalue weighted by Gasteiger charge is -2.13. The van der Waals surface area contributed by atoms with Crippen molar-refractivity contribution in [3.8, 4) is 0 Å². The van der Waals surface area contributed by atoms with E-state index in [0.717, 1.165) is 37.7 Å². The SMILES string of the molecule is O=CNC1(CCc2ccc(F)cc2)CC1. The molecule has 3 heteroatoms. The van der Waals surface area contributed by atoms with E-state index in [9.17, 15) is 9.18 Å². The Morgan fingerprint density at radius 2 is 2.00 bits per heavy atom. The van der Waals surface area contributed by atoms with Crippen LogP contribution >= 0.6 is 0 Å². The van der Waals surface area contributed by atoms with Crippen LogP contribution in [0.4, 0.5) is 4.39 Å². The fourth-order valence-electron chi connectivity index (χ4n) is 1.78. The van der Waals surface area contributed by atoms with Gasteiger partial charge in [0.15, 0.2) is 0 Å². The summed E-state index contributed by atoms with van der Waals surface area (Å²) in [5, 5.41) is 2.86. The summed E-state index contributed by atoms with van der Waals surface area (Å²) in [7, 11) is 0. The Bertz CT molecular complexity index is 343. The fraction of sp³-hybridized carbons (Fsp3) is 0.417. The predicted octanol–water partition coefficient (Wildman–Crippen LogP) is 2.04. The van der Waals surface area contributed by atoms with Gasteiger partial charge in [0.2, 0.25) is 6.41 Å². The van der Waals surface area contributed by atoms with Gasteiger partial charge in [-0.3, -0.25) is 4.79 Å². The van der Waals surface area contributed by atoms with Gasteiger partial charge in [0.25, 0.3) is 0 Å². The third-order valence-corrected chi connectivity index (χ3v) is 3.02. The van der Waals surface area contributed by atoms with Crippen LogP contribution in [-0.2, 0) is 11.2 Å². The molecule has 0 unspecified atom stereocenters. The molecule has 15 heavy (non-hydrogen) atoms. The minimum absolute atomic E-state index is 0.0378. The standard InChI is InChI=1S/C12H14FNO/c13-11-3-1-10(2-4-11)5-6-12(7-8-12)14-9-15/h1-4,9H,5-8H2,(H,14,15). The van der Waals surface area contributed by atoms with Gasteiger partial charge in [0, 0.05) is 5.54 Å². The van der Waals surface area contributed by atoms with Gasteiger partial charge in [-0.15, -0.1) is 0 Å². The quantitative estimate of drug-likeness (QED) is 0.735. The third-order valence-electron chi connectivity index (χ3n) is 3.02. The highest BCUT2D eigenvalue weighted by Crippen LogP contribution is 2.39. The lowest BCUT2D eigenvalue weighted by Crippen LogP contribution is -2.30. The molecule has 1 amide bonds. The number of hydrogen-bond donors (Lipinski definition) is 1. The van der Waals surface area contributed by atoms with E-state index in [4.69, 9.17) is 0 Å². The van der Waals surface area contributed by atoms with Gasteiger partial charge in [-0.2, -0.15) is 0 Å². The molecular formula is C12H14FNO. The Morgan fingerprint density at radius 3 is 2.53 bits per heavy atom. The molecule has 0 radical (unpaired) electrons. The molecule has 0 spiro atoms. The van der Waals surface area contributed by atoms with Crippen molar-refractivity contribution in [1.29, 1.82) is 0 Å². The van der Waals surface area contributed by atoms with Crippen LogP contribution in [0, 0.1) is 5.82 Å². The molecule has 0 bridgehead atoms. The second-order valence-corrected chi connectivity index (χ2v) is 4.17. The zero-order valence-electron chi connectivity index (χ0n) is 8.50. The lowest BCUT2D eigenvalue weighted by molar-refractivity contribution is -0.110. The monoisotopic (exact) mass is 207 g/mol. The van der Waals surface area contributed by atoms with Gasteiger partial charge in [-0.05, 0) is 43.4 Å². The van der Waals surface area contributed by atoms with Crippen LogP contribution in [0.1, 0.15) is 24.8 Å². The number of aryl methyl sites for hydroxylation is 1. The van der Waals surface area contributed by atoms with Crippen molar-refractivity contribution in [2.45, 2.75) is 31.2 Å². The zero-order valence-corrected chi connectivity index (χ0v) is 8.50. The summed E-state index contributed by atoms with van der Waals surface area (Å²) in [6.07, 6.45) is 4.73. The maximum atomic E-state index is 12.6. The van der Waals surface area contributed by atoms with Crippen LogP contribution < -0.4 is 5.32 Å². The van der Waals surface area contributed by atoms with Gasteiger partial charge >= 0.3 is 0 Å². The van der Waals surface area contributed by atoms with E-state index in [1.165, 1.54) is 12.1 Å². The summed E-state index contributed by atoms with van der Waals surface area (Å²) in [6.45, 7) is 0. The third kappa shape index (κ3) is 2.55. The van der Waals surface area contributed by atoms with Gasteiger partial charge in [0.1, 0.15) is 5.82 Å². The van der Waals surface area contributed by atoms with Crippen molar-refractivity contribution in [1.82, 2.24) is 5.32 Å². The van der Waals surface area contributed by atoms with Crippen LogP contribution in [0.3, 0.4) is 0 Å². The fourth-order valence-corrected chi connectivity index (χ4v) is 1.78. The zero-order chi connectivity index (χ0) is 10.7. The van der Waals surface area contributed by atoms with Crippen molar-refractivity contribution in [2.24, 2.45) is 0 Å². The molecule has 0 atom stereocenters. The summed E-state index contributed by atoms with van der Waals surface area (Å²) < 4.78 is 12.6. The van der Waals surface area contributed by atoms with Crippen LogP contribution in [0.25, 0.3) is 0 Å². The van der Waals surface area contributed by atoms with Crippen molar-refractivity contribution in [2.75, 3.05) is 0 Å². The molecule has 1 aliphatic rings. The molecule has 1 aliphatic carbocycles. The second-order valence-electron chi connectivity index (χ2n) is 4.17. The van der Waals surface area contributed by atoms with E-state index in [1.54, 1.807) is 12.1 Å². The molecule has 1 N–H and O–H groups in total. The van der Waals surface area contributed by atoms with Crippen molar-refractivity contribution < 1.29 is 9.18 Å². The van der Waals surface area contributed by atoms with Crippen molar-refractivity contribution in [3.63, 3.8) is 0 Å². The first-order valence-corrected chi connectivity index (χ1v) is 5.20. The van der Waals surface area contributed by atoms with Crippen LogP contribution in [0.15, 0.2) is 24.3 Å². The van der Waals surface area contributed by atoms with Crippen molar-refractivity contribution >= 4 is 6.41 Å². The second kappa shape index (κ2) is 4.01. The number of hydrogen-bond acceptors (Lipinski definition) is 1. The highest BCUT2D eigenvalue weighted by Gasteiger charge is 2.41. The van der Waals surface area contributed by atoms with Crippen LogP contribution in [-0.4, -0.2) is 11.9 Å². The Labute approximate surface area is 88.5 Å². The number of nitrogens with one attached hydrogen (secondary N) is 1. The van der Waals surface area contributed by atoms with Crippen molar-refractivity contribution in [3.05, 3.63) is 35.6 Å². The predicted molar refractivity (Wildman–Crippen MR) is 55.9 cm³/mol. The molecule has 1 fully saturated rings. The number of carbonyl (C=O) groups excluding carboxylic acids is 1. The molecule has 1 aromatic rings. The van der Waals surface area contributed by atoms with E-state index >= 15 is 0 Å². The summed E-state index contributed by atoms with van der Waals surface area (Å²) in [4.78, 5) is 10.4. The first-order valence-electron chi connectivity index (χ1n) is 5.20. The molecule has 80 valence electrons. The molecule has 0 saturated heterocycles. The number of halogens is 1. The minimum atomic E-state index is -0.203. The van der Waals surface area contributed by atoms with Gasteiger partial charge < -0.3 is 5.32 Å². The Hall–Kier alpha value is -1.38. The number of carbonyl (C=O) groups is 1. The Balaban J connectivity index is 1.88. The van der Waals surface area contributed by atoms with Gasteiger partial charge in [0.05, 0.1) is 0 Å². The smallest absolute Gasteiger partial charge is 0.207 e. The normalized spacial score (nSPS) is 17.1. The van der Waals surface area contributed by atoms with Gasteiger partial charge in [-0.1, -0.05) is 12.1 Å². The molecule has 2 nitrogen and oxygen atoms in total. The Kier molecular flexibility index (Phi) is 2.71. The minimum Gasteiger partial charge on any atom is -0.353 e. The van der Waals surface area contributed by atoms with Crippen LogP contribution in [0.5, 0.6) is 0 Å². The number of benzene rings is 1. The number of amides is 1. The highest BCUT2D eigenvalue weighted by molar-refractivity contribution is 5.49. The van der Waals surface area contributed by atoms with E-state index in [2.05, 4.69) is 5.32 Å². The summed E-state index contributed by atoms with van der Waals surface area (Å²) in [5.41, 5.74) is 1.16. The van der Waals surface area contributed by atoms with E-state index in [0.29, 0.717) is 0 Å². The van der Waals surface area contributed by atoms with E-state index in [1.807, 2.05) is 0 Å². The largest absolute Gasteiger partial charge is 0.353 e. The molecule has 1 saturated carbocycles. The average Bonchev–Trinajstić information content (AvgIpc) is 2.99. The van der Waals surface area contributed by atoms with E-state index < -0.39 is 0 Å². The molecule has 1 aromatic carbocycles. The lowest BCUT2D eigenvalue weighted by atomic mass is 10.0. The topological polar surface area (TPSA) is 29.1 Å². The van der Waals surface area contributed by atoms with Crippen LogP contribution in [0.2, 0.25) is 0 Å². The molecule has 0 aliphatic heterocycles. The first kappa shape index (κ1) is 10.1.